The molecular weight excluding hydrogens is 389 g/mol. The zero-order valence-corrected chi connectivity index (χ0v) is 14.3. The molecule has 0 aliphatic carbocycles. The SMILES string of the molecule is CCc1cc(O)ccc1Nc1cc(-c2cccc(I)c2)[nH]n1. The number of aryl methyl sites for hydroxylation is 1. The summed E-state index contributed by atoms with van der Waals surface area (Å²) in [5, 5.41) is 20.2. The van der Waals surface area contributed by atoms with Crippen molar-refractivity contribution in [1.29, 1.82) is 0 Å². The fraction of sp³-hybridized carbons (Fsp3) is 0.118. The average Bonchev–Trinajstić information content (AvgIpc) is 2.97. The summed E-state index contributed by atoms with van der Waals surface area (Å²) in [6, 6.07) is 15.5. The number of aromatic hydroxyl groups is 1. The lowest BCUT2D eigenvalue weighted by molar-refractivity contribution is 0.474. The van der Waals surface area contributed by atoms with Crippen molar-refractivity contribution in [1.82, 2.24) is 10.2 Å². The Hall–Kier alpha value is -2.02. The van der Waals surface area contributed by atoms with E-state index in [2.05, 4.69) is 63.2 Å². The summed E-state index contributed by atoms with van der Waals surface area (Å²) in [5.41, 5.74) is 4.09. The van der Waals surface area contributed by atoms with Crippen molar-refractivity contribution in [3.63, 3.8) is 0 Å². The van der Waals surface area contributed by atoms with Crippen LogP contribution in [-0.4, -0.2) is 15.3 Å². The number of phenols is 1. The topological polar surface area (TPSA) is 60.9 Å². The van der Waals surface area contributed by atoms with Crippen molar-refractivity contribution in [2.75, 3.05) is 5.32 Å². The maximum Gasteiger partial charge on any atom is 0.152 e. The van der Waals surface area contributed by atoms with Gasteiger partial charge in [0.15, 0.2) is 5.82 Å². The molecule has 0 radical (unpaired) electrons. The third kappa shape index (κ3) is 3.24. The Morgan fingerprint density at radius 1 is 1.18 bits per heavy atom. The highest BCUT2D eigenvalue weighted by atomic mass is 127. The van der Waals surface area contributed by atoms with Gasteiger partial charge in [-0.15, -0.1) is 0 Å². The lowest BCUT2D eigenvalue weighted by Crippen LogP contribution is -1.95. The number of H-pyrrole nitrogens is 1. The molecule has 0 saturated heterocycles. The first-order valence-corrected chi connectivity index (χ1v) is 8.14. The van der Waals surface area contributed by atoms with E-state index < -0.39 is 0 Å². The van der Waals surface area contributed by atoms with E-state index in [1.165, 1.54) is 3.57 Å². The van der Waals surface area contributed by atoms with Gasteiger partial charge in [-0.3, -0.25) is 5.10 Å². The largest absolute Gasteiger partial charge is 0.508 e. The number of anilines is 2. The summed E-state index contributed by atoms with van der Waals surface area (Å²) in [4.78, 5) is 0. The van der Waals surface area contributed by atoms with Gasteiger partial charge >= 0.3 is 0 Å². The van der Waals surface area contributed by atoms with Crippen LogP contribution in [0.4, 0.5) is 11.5 Å². The number of benzene rings is 2. The van der Waals surface area contributed by atoms with Crippen LogP contribution < -0.4 is 5.32 Å². The molecule has 4 nitrogen and oxygen atoms in total. The Kier molecular flexibility index (Phi) is 4.33. The number of rotatable bonds is 4. The van der Waals surface area contributed by atoms with Gasteiger partial charge in [0.2, 0.25) is 0 Å². The van der Waals surface area contributed by atoms with Crippen LogP contribution in [0.3, 0.4) is 0 Å². The van der Waals surface area contributed by atoms with E-state index in [9.17, 15) is 5.11 Å². The monoisotopic (exact) mass is 405 g/mol. The van der Waals surface area contributed by atoms with Gasteiger partial charge < -0.3 is 10.4 Å². The van der Waals surface area contributed by atoms with E-state index in [-0.39, 0.29) is 5.75 Å². The number of hydrogen-bond donors (Lipinski definition) is 3. The van der Waals surface area contributed by atoms with E-state index in [0.29, 0.717) is 0 Å². The molecule has 3 aromatic rings. The fourth-order valence-corrected chi connectivity index (χ4v) is 2.87. The van der Waals surface area contributed by atoms with Crippen LogP contribution in [0.2, 0.25) is 0 Å². The zero-order chi connectivity index (χ0) is 15.5. The van der Waals surface area contributed by atoms with Crippen LogP contribution in [0.5, 0.6) is 5.75 Å². The molecule has 3 N–H and O–H groups in total. The predicted molar refractivity (Wildman–Crippen MR) is 97.5 cm³/mol. The third-order valence-electron chi connectivity index (χ3n) is 3.45. The van der Waals surface area contributed by atoms with Gasteiger partial charge in [-0.2, -0.15) is 5.10 Å². The van der Waals surface area contributed by atoms with E-state index in [1.807, 2.05) is 18.2 Å². The molecule has 5 heteroatoms. The minimum Gasteiger partial charge on any atom is -0.508 e. The van der Waals surface area contributed by atoms with Crippen molar-refractivity contribution < 1.29 is 5.11 Å². The van der Waals surface area contributed by atoms with Crippen molar-refractivity contribution in [2.24, 2.45) is 0 Å². The van der Waals surface area contributed by atoms with E-state index in [1.54, 1.807) is 12.1 Å². The standard InChI is InChI=1S/C17H16IN3O/c1-2-11-9-14(22)6-7-15(11)19-17-10-16(20-21-17)12-4-3-5-13(18)8-12/h3-10,22H,2H2,1H3,(H2,19,20,21). The molecule has 0 aliphatic rings. The quantitative estimate of drug-likeness (QED) is 0.436. The maximum atomic E-state index is 9.56. The minimum absolute atomic E-state index is 0.281. The van der Waals surface area contributed by atoms with Crippen LogP contribution in [0, 0.1) is 3.57 Å². The summed E-state index contributed by atoms with van der Waals surface area (Å²) in [7, 11) is 0. The maximum absolute atomic E-state index is 9.56. The van der Waals surface area contributed by atoms with Gasteiger partial charge in [-0.1, -0.05) is 19.1 Å². The molecular formula is C17H16IN3O. The first-order valence-electron chi connectivity index (χ1n) is 7.06. The number of nitrogens with zero attached hydrogens (tertiary/aromatic N) is 1. The average molecular weight is 405 g/mol. The summed E-state index contributed by atoms with van der Waals surface area (Å²) in [6.45, 7) is 2.06. The Labute approximate surface area is 142 Å². The fourth-order valence-electron chi connectivity index (χ4n) is 2.32. The second-order valence-electron chi connectivity index (χ2n) is 5.00. The highest BCUT2D eigenvalue weighted by Crippen LogP contribution is 2.27. The molecule has 112 valence electrons. The van der Waals surface area contributed by atoms with Gasteiger partial charge in [0.05, 0.1) is 5.69 Å². The Bertz CT molecular complexity index is 798. The molecule has 0 aliphatic heterocycles. The van der Waals surface area contributed by atoms with Crippen LogP contribution in [0.1, 0.15) is 12.5 Å². The summed E-state index contributed by atoms with van der Waals surface area (Å²) >= 11 is 2.30. The predicted octanol–water partition coefficient (Wildman–Crippen LogP) is 4.69. The van der Waals surface area contributed by atoms with E-state index in [4.69, 9.17) is 0 Å². The van der Waals surface area contributed by atoms with Crippen molar-refractivity contribution in [2.45, 2.75) is 13.3 Å². The first kappa shape index (κ1) is 14.9. The molecule has 0 saturated carbocycles. The lowest BCUT2D eigenvalue weighted by Gasteiger charge is -2.08. The van der Waals surface area contributed by atoms with Gasteiger partial charge in [-0.25, -0.2) is 0 Å². The number of halogens is 1. The molecule has 0 spiro atoms. The first-order chi connectivity index (χ1) is 10.7. The summed E-state index contributed by atoms with van der Waals surface area (Å²) in [5.74, 6) is 1.04. The molecule has 0 amide bonds. The normalized spacial score (nSPS) is 10.6. The molecule has 0 fully saturated rings. The highest BCUT2D eigenvalue weighted by molar-refractivity contribution is 14.1. The van der Waals surface area contributed by atoms with Gasteiger partial charge in [0.1, 0.15) is 5.75 Å². The van der Waals surface area contributed by atoms with Gasteiger partial charge in [-0.05, 0) is 64.9 Å². The number of aromatic amines is 1. The van der Waals surface area contributed by atoms with Crippen LogP contribution >= 0.6 is 22.6 Å². The number of aromatic nitrogens is 2. The van der Waals surface area contributed by atoms with Crippen molar-refractivity contribution in [3.05, 3.63) is 57.7 Å². The number of hydrogen-bond acceptors (Lipinski definition) is 3. The van der Waals surface area contributed by atoms with Crippen molar-refractivity contribution >= 4 is 34.1 Å². The third-order valence-corrected chi connectivity index (χ3v) is 4.12. The minimum atomic E-state index is 0.281. The number of phenolic OH excluding ortho intramolecular Hbond substituents is 1. The van der Waals surface area contributed by atoms with E-state index >= 15 is 0 Å². The second-order valence-corrected chi connectivity index (χ2v) is 6.24. The molecule has 1 aromatic heterocycles. The Balaban J connectivity index is 1.86. The smallest absolute Gasteiger partial charge is 0.152 e. The highest BCUT2D eigenvalue weighted by Gasteiger charge is 2.07. The van der Waals surface area contributed by atoms with Gasteiger partial charge in [0, 0.05) is 20.9 Å². The van der Waals surface area contributed by atoms with Crippen LogP contribution in [0.25, 0.3) is 11.3 Å². The lowest BCUT2D eigenvalue weighted by atomic mass is 10.1. The summed E-state index contributed by atoms with van der Waals surface area (Å²) < 4.78 is 1.19. The molecule has 2 aromatic carbocycles. The molecule has 0 atom stereocenters. The summed E-state index contributed by atoms with van der Waals surface area (Å²) in [6.07, 6.45) is 0.838. The second kappa shape index (κ2) is 6.39. The molecule has 1 heterocycles. The molecule has 3 rings (SSSR count). The molecule has 0 bridgehead atoms. The van der Waals surface area contributed by atoms with E-state index in [0.717, 1.165) is 34.7 Å². The van der Waals surface area contributed by atoms with Crippen molar-refractivity contribution in [3.8, 4) is 17.0 Å². The molecule has 0 unspecified atom stereocenters. The van der Waals surface area contributed by atoms with Crippen LogP contribution in [-0.2, 0) is 6.42 Å². The number of nitrogens with one attached hydrogen (secondary N) is 2. The molecule has 22 heavy (non-hydrogen) atoms. The van der Waals surface area contributed by atoms with Crippen LogP contribution in [0.15, 0.2) is 48.5 Å². The zero-order valence-electron chi connectivity index (χ0n) is 12.1. The Morgan fingerprint density at radius 3 is 2.82 bits per heavy atom. The Morgan fingerprint density at radius 2 is 2.05 bits per heavy atom. The van der Waals surface area contributed by atoms with Gasteiger partial charge in [0.25, 0.3) is 0 Å².